The second-order valence-corrected chi connectivity index (χ2v) is 5.41. The standard InChI is InChI=1S/C16H18O10/c1-2-24-14(22)7-5-3-4-6-8(7)15(23)26-16-11(19)9(17)10(18)12(25-16)13(20)21/h3-6,9-12,16-19H,2H2,1H3,(H,20,21). The Morgan fingerprint density at radius 1 is 1.00 bits per heavy atom. The molecular weight excluding hydrogens is 352 g/mol. The quantitative estimate of drug-likeness (QED) is 0.469. The van der Waals surface area contributed by atoms with E-state index in [1.54, 1.807) is 6.92 Å². The molecule has 1 aliphatic rings. The van der Waals surface area contributed by atoms with Crippen LogP contribution in [0.15, 0.2) is 24.3 Å². The SMILES string of the molecule is CCOC(=O)c1ccccc1C(=O)OC1OC(C(=O)O)C(O)C(O)C1O. The molecule has 0 spiro atoms. The third-order valence-electron chi connectivity index (χ3n) is 3.68. The second-order valence-electron chi connectivity index (χ2n) is 5.41. The molecule has 0 amide bonds. The minimum atomic E-state index is -1.91. The van der Waals surface area contributed by atoms with Gasteiger partial charge in [-0.05, 0) is 19.1 Å². The van der Waals surface area contributed by atoms with Crippen molar-refractivity contribution < 1.29 is 49.0 Å². The largest absolute Gasteiger partial charge is 0.479 e. The van der Waals surface area contributed by atoms with Crippen molar-refractivity contribution in [1.29, 1.82) is 0 Å². The van der Waals surface area contributed by atoms with E-state index in [0.717, 1.165) is 0 Å². The molecule has 0 bridgehead atoms. The van der Waals surface area contributed by atoms with Gasteiger partial charge in [-0.15, -0.1) is 0 Å². The van der Waals surface area contributed by atoms with Gasteiger partial charge >= 0.3 is 17.9 Å². The maximum absolute atomic E-state index is 12.3. The van der Waals surface area contributed by atoms with Crippen molar-refractivity contribution in [2.45, 2.75) is 37.6 Å². The summed E-state index contributed by atoms with van der Waals surface area (Å²) in [6, 6.07) is 5.54. The molecule has 0 radical (unpaired) electrons. The molecule has 0 saturated carbocycles. The predicted molar refractivity (Wildman–Crippen MR) is 82.1 cm³/mol. The number of carboxylic acids is 1. The fraction of sp³-hybridized carbons (Fsp3) is 0.438. The van der Waals surface area contributed by atoms with Crippen molar-refractivity contribution in [1.82, 2.24) is 0 Å². The van der Waals surface area contributed by atoms with Crippen molar-refractivity contribution in [3.8, 4) is 0 Å². The van der Waals surface area contributed by atoms with Crippen molar-refractivity contribution in [3.05, 3.63) is 35.4 Å². The number of esters is 2. The summed E-state index contributed by atoms with van der Waals surface area (Å²) in [6.45, 7) is 1.67. The van der Waals surface area contributed by atoms with E-state index in [2.05, 4.69) is 0 Å². The third-order valence-corrected chi connectivity index (χ3v) is 3.68. The highest BCUT2D eigenvalue weighted by atomic mass is 16.7. The van der Waals surface area contributed by atoms with Crippen LogP contribution in [0.2, 0.25) is 0 Å². The van der Waals surface area contributed by atoms with E-state index in [-0.39, 0.29) is 17.7 Å². The Hall–Kier alpha value is -2.53. The van der Waals surface area contributed by atoms with Crippen molar-refractivity contribution in [2.24, 2.45) is 0 Å². The molecular formula is C16H18O10. The molecule has 1 heterocycles. The van der Waals surface area contributed by atoms with Gasteiger partial charge < -0.3 is 34.6 Å². The van der Waals surface area contributed by atoms with Crippen LogP contribution in [0.5, 0.6) is 0 Å². The van der Waals surface area contributed by atoms with Gasteiger partial charge in [0, 0.05) is 0 Å². The number of aliphatic carboxylic acids is 1. The smallest absolute Gasteiger partial charge is 0.341 e. The summed E-state index contributed by atoms with van der Waals surface area (Å²) in [5.74, 6) is -3.49. The highest BCUT2D eigenvalue weighted by molar-refractivity contribution is 6.03. The van der Waals surface area contributed by atoms with Gasteiger partial charge in [-0.2, -0.15) is 0 Å². The number of hydrogen-bond acceptors (Lipinski definition) is 9. The third kappa shape index (κ3) is 3.99. The van der Waals surface area contributed by atoms with Crippen LogP contribution in [0.3, 0.4) is 0 Å². The number of carboxylic acid groups (broad SMARTS) is 1. The lowest BCUT2D eigenvalue weighted by Crippen LogP contribution is -2.60. The lowest BCUT2D eigenvalue weighted by Gasteiger charge is -2.37. The van der Waals surface area contributed by atoms with Gasteiger partial charge in [-0.3, -0.25) is 0 Å². The zero-order valence-electron chi connectivity index (χ0n) is 13.6. The van der Waals surface area contributed by atoms with Gasteiger partial charge in [-0.1, -0.05) is 12.1 Å². The first kappa shape index (κ1) is 19.8. The van der Waals surface area contributed by atoms with Crippen LogP contribution in [-0.2, 0) is 19.0 Å². The fourth-order valence-corrected chi connectivity index (χ4v) is 2.37. The van der Waals surface area contributed by atoms with E-state index in [1.807, 2.05) is 0 Å². The highest BCUT2D eigenvalue weighted by Crippen LogP contribution is 2.24. The van der Waals surface area contributed by atoms with Crippen LogP contribution in [0.4, 0.5) is 0 Å². The number of carbonyl (C=O) groups excluding carboxylic acids is 2. The average molecular weight is 370 g/mol. The van der Waals surface area contributed by atoms with Crippen molar-refractivity contribution >= 4 is 17.9 Å². The molecule has 26 heavy (non-hydrogen) atoms. The molecule has 1 saturated heterocycles. The molecule has 0 aliphatic carbocycles. The van der Waals surface area contributed by atoms with Crippen molar-refractivity contribution in [3.63, 3.8) is 0 Å². The maximum Gasteiger partial charge on any atom is 0.341 e. The molecule has 10 nitrogen and oxygen atoms in total. The first-order valence-corrected chi connectivity index (χ1v) is 7.67. The molecule has 1 aliphatic heterocycles. The number of hydrogen-bond donors (Lipinski definition) is 4. The van der Waals surface area contributed by atoms with Gasteiger partial charge in [-0.25, -0.2) is 14.4 Å². The van der Waals surface area contributed by atoms with Crippen LogP contribution in [0.25, 0.3) is 0 Å². The zero-order valence-corrected chi connectivity index (χ0v) is 13.6. The highest BCUT2D eigenvalue weighted by Gasteiger charge is 2.48. The van der Waals surface area contributed by atoms with E-state index >= 15 is 0 Å². The van der Waals surface area contributed by atoms with E-state index < -0.39 is 48.6 Å². The summed E-state index contributed by atoms with van der Waals surface area (Å²) < 4.78 is 14.6. The molecule has 1 aromatic rings. The summed E-state index contributed by atoms with van der Waals surface area (Å²) in [6.07, 6.45) is -9.49. The maximum atomic E-state index is 12.3. The van der Waals surface area contributed by atoms with E-state index in [0.29, 0.717) is 0 Å². The Morgan fingerprint density at radius 3 is 2.12 bits per heavy atom. The predicted octanol–water partition coefficient (Wildman–Crippen LogP) is -1.09. The summed E-state index contributed by atoms with van der Waals surface area (Å²) in [5, 5.41) is 38.2. The lowest BCUT2D eigenvalue weighted by molar-refractivity contribution is -0.278. The van der Waals surface area contributed by atoms with Gasteiger partial charge in [0.1, 0.15) is 18.3 Å². The van der Waals surface area contributed by atoms with E-state index in [4.69, 9.17) is 19.3 Å². The number of benzene rings is 1. The van der Waals surface area contributed by atoms with Crippen LogP contribution in [-0.4, -0.2) is 75.6 Å². The molecule has 10 heteroatoms. The average Bonchev–Trinajstić information content (AvgIpc) is 2.62. The molecule has 5 atom stereocenters. The van der Waals surface area contributed by atoms with Crippen LogP contribution in [0, 0.1) is 0 Å². The number of aliphatic hydroxyl groups excluding tert-OH is 3. The zero-order chi connectivity index (χ0) is 19.4. The number of ether oxygens (including phenoxy) is 3. The number of rotatable bonds is 5. The Balaban J connectivity index is 2.21. The minimum Gasteiger partial charge on any atom is -0.479 e. The van der Waals surface area contributed by atoms with Gasteiger partial charge in [0.05, 0.1) is 17.7 Å². The first-order chi connectivity index (χ1) is 12.3. The normalized spacial score (nSPS) is 28.2. The Labute approximate surface area is 147 Å². The first-order valence-electron chi connectivity index (χ1n) is 7.67. The Kier molecular flexibility index (Phi) is 6.27. The second kappa shape index (κ2) is 8.23. The molecule has 1 fully saturated rings. The van der Waals surface area contributed by atoms with Gasteiger partial charge in [0.25, 0.3) is 0 Å². The summed E-state index contributed by atoms with van der Waals surface area (Å²) in [7, 11) is 0. The Morgan fingerprint density at radius 2 is 1.58 bits per heavy atom. The van der Waals surface area contributed by atoms with Crippen molar-refractivity contribution in [2.75, 3.05) is 6.61 Å². The van der Waals surface area contributed by atoms with Crippen LogP contribution >= 0.6 is 0 Å². The van der Waals surface area contributed by atoms with E-state index in [1.165, 1.54) is 24.3 Å². The molecule has 5 unspecified atom stereocenters. The number of carbonyl (C=O) groups is 3. The molecule has 2 rings (SSSR count). The Bertz CT molecular complexity index is 687. The molecule has 1 aromatic carbocycles. The summed E-state index contributed by atoms with van der Waals surface area (Å²) in [4.78, 5) is 35.3. The monoisotopic (exact) mass is 370 g/mol. The van der Waals surface area contributed by atoms with Crippen LogP contribution < -0.4 is 0 Å². The number of aliphatic hydroxyl groups is 3. The van der Waals surface area contributed by atoms with Crippen LogP contribution in [0.1, 0.15) is 27.6 Å². The molecule has 142 valence electrons. The summed E-state index contributed by atoms with van der Waals surface area (Å²) >= 11 is 0. The summed E-state index contributed by atoms with van der Waals surface area (Å²) in [5.41, 5.74) is -0.297. The fourth-order valence-electron chi connectivity index (χ4n) is 2.37. The lowest BCUT2D eigenvalue weighted by atomic mass is 9.99. The van der Waals surface area contributed by atoms with Gasteiger partial charge in [0.2, 0.25) is 6.29 Å². The molecule has 4 N–H and O–H groups in total. The topological polar surface area (TPSA) is 160 Å². The van der Waals surface area contributed by atoms with E-state index in [9.17, 15) is 29.7 Å². The minimum absolute atomic E-state index is 0.0804. The van der Waals surface area contributed by atoms with Gasteiger partial charge in [0.15, 0.2) is 6.10 Å². The molecule has 0 aromatic heterocycles.